The van der Waals surface area contributed by atoms with Gasteiger partial charge in [-0.15, -0.1) is 0 Å². The Kier molecular flexibility index (Phi) is 8.81. The lowest BCUT2D eigenvalue weighted by Crippen LogP contribution is -2.62. The van der Waals surface area contributed by atoms with Crippen LogP contribution in [-0.4, -0.2) is 118 Å². The van der Waals surface area contributed by atoms with Crippen LogP contribution in [0.1, 0.15) is 68.8 Å². The van der Waals surface area contributed by atoms with Crippen molar-refractivity contribution in [3.05, 3.63) is 51.6 Å². The van der Waals surface area contributed by atoms with Crippen molar-refractivity contribution in [1.29, 1.82) is 5.26 Å². The molecule has 15 heteroatoms. The third-order valence-electron chi connectivity index (χ3n) is 9.37. The minimum absolute atomic E-state index is 0.00110. The van der Waals surface area contributed by atoms with Crippen molar-refractivity contribution in [2.24, 2.45) is 0 Å². The van der Waals surface area contributed by atoms with Gasteiger partial charge in [0, 0.05) is 42.5 Å². The SMILES string of the molecule is COc1cccc2c1C(=O)c1c(O)c3c(c(O)c1C2=O)C[C@@](O)(C(=O)CO)C[C@@H]3OC1CC(NN2CCOCC2C#N)C(O)C(C)O1. The van der Waals surface area contributed by atoms with Gasteiger partial charge in [-0.2, -0.15) is 5.26 Å². The maximum Gasteiger partial charge on any atom is 0.202 e. The quantitative estimate of drug-likeness (QED) is 0.181. The van der Waals surface area contributed by atoms with Crippen LogP contribution in [0.2, 0.25) is 0 Å². The predicted molar refractivity (Wildman–Crippen MR) is 158 cm³/mol. The number of carbonyl (C=O) groups excluding carboxylic acids is 3. The van der Waals surface area contributed by atoms with Gasteiger partial charge in [0.1, 0.15) is 35.5 Å². The standard InChI is InChI=1S/C32H35N3O12/c1-14-27(38)18(34-35-6-7-45-13-15(35)11-33)8-22(46-14)47-20-10-32(43,21(37)12-36)9-17-24(20)31(42)26-25(29(17)40)28(39)16-4-3-5-19(44-2)23(16)30(26)41/h3-5,14-15,18,20,22,27,34,36,38,40,42-43H,6-10,12-13H2,1-2H3/t14?,15?,18?,20-,22?,27?,32-/m0/s1. The number of phenols is 2. The molecule has 0 spiro atoms. The van der Waals surface area contributed by atoms with Gasteiger partial charge < -0.3 is 44.5 Å². The third kappa shape index (κ3) is 5.46. The lowest BCUT2D eigenvalue weighted by atomic mass is 9.72. The minimum atomic E-state index is -2.29. The summed E-state index contributed by atoms with van der Waals surface area (Å²) >= 11 is 0. The highest BCUT2D eigenvalue weighted by molar-refractivity contribution is 6.31. The molecule has 0 saturated carbocycles. The van der Waals surface area contributed by atoms with Crippen molar-refractivity contribution in [2.75, 3.05) is 33.5 Å². The summed E-state index contributed by atoms with van der Waals surface area (Å²) in [6.07, 6.45) is -5.48. The van der Waals surface area contributed by atoms with Crippen LogP contribution in [0.4, 0.5) is 0 Å². The van der Waals surface area contributed by atoms with E-state index >= 15 is 0 Å². The first-order chi connectivity index (χ1) is 22.4. The number of nitrogens with zero attached hydrogens (tertiary/aromatic N) is 2. The molecule has 2 fully saturated rings. The normalized spacial score (nSPS) is 30.6. The molecule has 47 heavy (non-hydrogen) atoms. The van der Waals surface area contributed by atoms with Crippen LogP contribution in [0.25, 0.3) is 0 Å². The van der Waals surface area contributed by atoms with Gasteiger partial charge in [0.2, 0.25) is 5.78 Å². The van der Waals surface area contributed by atoms with Crippen molar-refractivity contribution in [3.8, 4) is 23.3 Å². The number of fused-ring (bicyclic) bond motifs is 3. The molecule has 4 aliphatic rings. The molecular weight excluding hydrogens is 618 g/mol. The summed E-state index contributed by atoms with van der Waals surface area (Å²) in [7, 11) is 1.32. The second-order valence-corrected chi connectivity index (χ2v) is 12.1. The summed E-state index contributed by atoms with van der Waals surface area (Å²) in [5.41, 5.74) is -0.638. The van der Waals surface area contributed by atoms with E-state index < -0.39 is 102 Å². The van der Waals surface area contributed by atoms with Crippen LogP contribution >= 0.6 is 0 Å². The number of ketones is 3. The molecule has 2 aromatic carbocycles. The Morgan fingerprint density at radius 2 is 1.94 bits per heavy atom. The van der Waals surface area contributed by atoms with Crippen molar-refractivity contribution >= 4 is 17.3 Å². The molecule has 250 valence electrons. The van der Waals surface area contributed by atoms with E-state index in [4.69, 9.17) is 18.9 Å². The Morgan fingerprint density at radius 1 is 1.19 bits per heavy atom. The molecule has 0 bridgehead atoms. The molecule has 7 atom stereocenters. The zero-order valence-corrected chi connectivity index (χ0v) is 25.6. The molecule has 6 N–H and O–H groups in total. The summed E-state index contributed by atoms with van der Waals surface area (Å²) in [6.45, 7) is 1.45. The molecule has 2 saturated heterocycles. The van der Waals surface area contributed by atoms with Crippen molar-refractivity contribution < 1.29 is 58.9 Å². The maximum absolute atomic E-state index is 13.9. The number of nitriles is 1. The van der Waals surface area contributed by atoms with Gasteiger partial charge in [0.05, 0.1) is 67.4 Å². The van der Waals surface area contributed by atoms with Crippen LogP contribution in [0, 0.1) is 11.3 Å². The smallest absolute Gasteiger partial charge is 0.202 e. The number of aliphatic hydroxyl groups excluding tert-OH is 2. The minimum Gasteiger partial charge on any atom is -0.507 e. The number of methoxy groups -OCH3 is 1. The molecule has 5 unspecified atom stereocenters. The fourth-order valence-electron chi connectivity index (χ4n) is 6.92. The van der Waals surface area contributed by atoms with Crippen LogP contribution < -0.4 is 10.2 Å². The first kappa shape index (κ1) is 32.9. The van der Waals surface area contributed by atoms with Gasteiger partial charge in [-0.05, 0) is 13.0 Å². The number of rotatable bonds is 7. The topological polar surface area (TPSA) is 228 Å². The Labute approximate surface area is 268 Å². The van der Waals surface area contributed by atoms with E-state index in [0.717, 1.165) is 0 Å². The molecule has 0 aromatic heterocycles. The van der Waals surface area contributed by atoms with E-state index in [0.29, 0.717) is 13.2 Å². The predicted octanol–water partition coefficient (Wildman–Crippen LogP) is -0.228. The van der Waals surface area contributed by atoms with Crippen LogP contribution in [0.15, 0.2) is 18.2 Å². The summed E-state index contributed by atoms with van der Waals surface area (Å²) in [5.74, 6) is -3.89. The lowest BCUT2D eigenvalue weighted by Gasteiger charge is -2.44. The molecule has 6 rings (SSSR count). The average Bonchev–Trinajstić information content (AvgIpc) is 3.06. The van der Waals surface area contributed by atoms with Gasteiger partial charge in [-0.25, -0.2) is 10.4 Å². The summed E-state index contributed by atoms with van der Waals surface area (Å²) < 4.78 is 22.9. The molecule has 2 aliphatic heterocycles. The van der Waals surface area contributed by atoms with E-state index in [9.17, 15) is 45.2 Å². The van der Waals surface area contributed by atoms with Crippen LogP contribution in [0.5, 0.6) is 17.2 Å². The Bertz CT molecular complexity index is 1670. The van der Waals surface area contributed by atoms with E-state index in [-0.39, 0.29) is 41.0 Å². The van der Waals surface area contributed by atoms with E-state index in [1.54, 1.807) is 11.9 Å². The van der Waals surface area contributed by atoms with Crippen molar-refractivity contribution in [2.45, 2.75) is 68.5 Å². The Morgan fingerprint density at radius 3 is 2.64 bits per heavy atom. The number of hydrogen-bond acceptors (Lipinski definition) is 15. The van der Waals surface area contributed by atoms with Crippen LogP contribution in [0.3, 0.4) is 0 Å². The number of aliphatic hydroxyl groups is 3. The molecule has 0 radical (unpaired) electrons. The second kappa shape index (κ2) is 12.6. The van der Waals surface area contributed by atoms with E-state index in [2.05, 4.69) is 11.5 Å². The molecule has 2 heterocycles. The molecule has 15 nitrogen and oxygen atoms in total. The largest absolute Gasteiger partial charge is 0.507 e. The first-order valence-electron chi connectivity index (χ1n) is 15.2. The Balaban J connectivity index is 1.40. The third-order valence-corrected chi connectivity index (χ3v) is 9.37. The van der Waals surface area contributed by atoms with Crippen molar-refractivity contribution in [3.63, 3.8) is 0 Å². The van der Waals surface area contributed by atoms with E-state index in [1.807, 2.05) is 0 Å². The zero-order valence-electron chi connectivity index (χ0n) is 25.6. The number of hydrazine groups is 1. The molecular formula is C32H35N3O12. The van der Waals surface area contributed by atoms with Gasteiger partial charge in [0.25, 0.3) is 0 Å². The first-order valence-corrected chi connectivity index (χ1v) is 15.2. The van der Waals surface area contributed by atoms with Gasteiger partial charge in [-0.3, -0.25) is 14.4 Å². The fraction of sp³-hybridized carbons (Fsp3) is 0.500. The number of ether oxygens (including phenoxy) is 4. The number of aromatic hydroxyl groups is 2. The number of hydrogen-bond donors (Lipinski definition) is 6. The van der Waals surface area contributed by atoms with Crippen molar-refractivity contribution in [1.82, 2.24) is 10.4 Å². The van der Waals surface area contributed by atoms with Crippen LogP contribution in [-0.2, 0) is 25.4 Å². The summed E-state index contributed by atoms with van der Waals surface area (Å²) in [4.78, 5) is 40.4. The van der Waals surface area contributed by atoms with Gasteiger partial charge in [0.15, 0.2) is 17.9 Å². The summed E-state index contributed by atoms with van der Waals surface area (Å²) in [6, 6.07) is 5.19. The number of nitrogens with one attached hydrogen (secondary N) is 1. The zero-order chi connectivity index (χ0) is 33.8. The maximum atomic E-state index is 13.9. The highest BCUT2D eigenvalue weighted by Crippen LogP contribution is 2.52. The van der Waals surface area contributed by atoms with E-state index in [1.165, 1.54) is 25.3 Å². The fourth-order valence-corrected chi connectivity index (χ4v) is 6.92. The highest BCUT2D eigenvalue weighted by Gasteiger charge is 2.50. The molecule has 0 amide bonds. The number of benzene rings is 2. The number of Topliss-reactive ketones (excluding diaryl/α,β-unsaturated/α-hetero) is 1. The van der Waals surface area contributed by atoms with Gasteiger partial charge >= 0.3 is 0 Å². The molecule has 2 aliphatic carbocycles. The average molecular weight is 654 g/mol. The number of phenolic OH excluding ortho intramolecular Hbond substituents is 2. The molecule has 2 aromatic rings. The lowest BCUT2D eigenvalue weighted by molar-refractivity contribution is -0.254. The second-order valence-electron chi connectivity index (χ2n) is 12.1. The Hall–Kier alpha value is -3.98. The monoisotopic (exact) mass is 653 g/mol. The highest BCUT2D eigenvalue weighted by atomic mass is 16.7. The summed E-state index contributed by atoms with van der Waals surface area (Å²) in [5, 5.41) is 66.5. The number of morpholine rings is 1. The van der Waals surface area contributed by atoms with Gasteiger partial charge in [-0.1, -0.05) is 12.1 Å². The number of carbonyl (C=O) groups is 3.